The summed E-state index contributed by atoms with van der Waals surface area (Å²) in [7, 11) is 20.4. The van der Waals surface area contributed by atoms with Crippen LogP contribution in [-0.2, 0) is 4.79 Å². The number of benzene rings is 1. The van der Waals surface area contributed by atoms with E-state index in [1.54, 1.807) is 19.1 Å². The molecule has 2 fully saturated rings. The Labute approximate surface area is 270 Å². The van der Waals surface area contributed by atoms with Gasteiger partial charge >= 0.3 is 0 Å². The van der Waals surface area contributed by atoms with Crippen LogP contribution in [-0.4, -0.2) is 99.9 Å². The summed E-state index contributed by atoms with van der Waals surface area (Å²) in [5.41, 5.74) is 1.69. The minimum atomic E-state index is -2.01. The molecule has 0 spiro atoms. The monoisotopic (exact) mass is 622 g/mol. The first kappa shape index (κ1) is 32.5. The lowest BCUT2D eigenvalue weighted by molar-refractivity contribution is -0.117. The third kappa shape index (κ3) is 8.04. The molecule has 16 heteroatoms. The van der Waals surface area contributed by atoms with E-state index in [2.05, 4.69) is 48.4 Å². The molecule has 12 nitrogen and oxygen atoms in total. The fraction of sp³-hybridized carbons (Fsp3) is 0.448. The molecule has 1 aliphatic carbocycles. The van der Waals surface area contributed by atoms with E-state index < -0.39 is 11.1 Å². The number of amides is 3. The minimum absolute atomic E-state index is 0.0713. The van der Waals surface area contributed by atoms with Gasteiger partial charge < -0.3 is 30.9 Å². The Morgan fingerprint density at radius 2 is 1.89 bits per heavy atom. The van der Waals surface area contributed by atoms with E-state index in [1.165, 1.54) is 30.9 Å². The highest BCUT2D eigenvalue weighted by Gasteiger charge is 2.30. The van der Waals surface area contributed by atoms with Crippen molar-refractivity contribution in [3.05, 3.63) is 40.5 Å². The van der Waals surface area contributed by atoms with E-state index >= 15 is 0 Å². The van der Waals surface area contributed by atoms with Crippen LogP contribution < -0.4 is 26.0 Å². The molecular weight excluding hydrogens is 589 g/mol. The molecule has 45 heavy (non-hydrogen) atoms. The van der Waals surface area contributed by atoms with E-state index in [4.69, 9.17) is 28.3 Å². The van der Waals surface area contributed by atoms with Crippen molar-refractivity contribution < 1.29 is 19.1 Å². The van der Waals surface area contributed by atoms with Crippen LogP contribution in [0.1, 0.15) is 58.0 Å². The van der Waals surface area contributed by atoms with Gasteiger partial charge in [0.2, 0.25) is 5.91 Å². The first-order chi connectivity index (χ1) is 21.4. The first-order valence-electron chi connectivity index (χ1n) is 14.7. The van der Waals surface area contributed by atoms with Crippen LogP contribution in [0.15, 0.2) is 24.3 Å². The molecule has 2 aromatic heterocycles. The summed E-state index contributed by atoms with van der Waals surface area (Å²) in [6, 6.07) is 7.30. The molecule has 5 rings (SSSR count). The standard InChI is InChI=1S/C29H33B3N8O4S/c1-15-24(27(43)33-12-11-17-6-5-13-40(17)2)45-28(34-15)18-7-4-8-19(23(18)44-3)35-20-14-21(36-25(41)16-9-10-16)38-39-22(20)26(42)37-29(30,31)32/h4,7-8,14,16-17H,5-6,9-13H2,1-3H3,(H,33,43)(H,37,42)(H2,35,36,38,41). The number of aromatic nitrogens is 3. The number of thiazole rings is 1. The van der Waals surface area contributed by atoms with Gasteiger partial charge in [-0.25, -0.2) is 4.98 Å². The normalized spacial score (nSPS) is 16.6. The lowest BCUT2D eigenvalue weighted by atomic mass is 9.49. The van der Waals surface area contributed by atoms with Crippen molar-refractivity contribution in [1.29, 1.82) is 0 Å². The number of carbonyl (C=O) groups is 3. The van der Waals surface area contributed by atoms with Gasteiger partial charge in [-0.1, -0.05) is 11.3 Å². The van der Waals surface area contributed by atoms with Crippen molar-refractivity contribution in [2.75, 3.05) is 37.9 Å². The van der Waals surface area contributed by atoms with E-state index in [0.717, 1.165) is 32.2 Å². The molecule has 228 valence electrons. The molecule has 1 unspecified atom stereocenters. The van der Waals surface area contributed by atoms with Gasteiger partial charge in [-0.05, 0) is 64.8 Å². The fourth-order valence-corrected chi connectivity index (χ4v) is 6.22. The molecule has 2 aliphatic rings. The number of rotatable bonds is 12. The smallest absolute Gasteiger partial charge is 0.272 e. The topological polar surface area (TPSA) is 150 Å². The zero-order chi connectivity index (χ0) is 32.3. The van der Waals surface area contributed by atoms with Crippen molar-refractivity contribution in [2.24, 2.45) is 5.92 Å². The first-order valence-corrected chi connectivity index (χ1v) is 15.5. The Kier molecular flexibility index (Phi) is 9.83. The third-order valence-electron chi connectivity index (χ3n) is 7.69. The Hall–Kier alpha value is -3.91. The Morgan fingerprint density at radius 1 is 1.11 bits per heavy atom. The van der Waals surface area contributed by atoms with E-state index in [9.17, 15) is 14.4 Å². The molecule has 1 atom stereocenters. The van der Waals surface area contributed by atoms with Crippen molar-refractivity contribution in [1.82, 2.24) is 30.7 Å². The second-order valence-electron chi connectivity index (χ2n) is 11.4. The van der Waals surface area contributed by atoms with Crippen LogP contribution in [0.25, 0.3) is 10.6 Å². The van der Waals surface area contributed by atoms with Crippen LogP contribution in [0.5, 0.6) is 5.75 Å². The molecular formula is C29H33B3N8O4S. The molecule has 3 aromatic rings. The lowest BCUT2D eigenvalue weighted by Gasteiger charge is -2.23. The number of methoxy groups -OCH3 is 1. The SMILES string of the molecule is [B]C([B])([B])NC(=O)c1nnc(NC(=O)C2CC2)cc1Nc1cccc(-c2nc(C)c(C(=O)NCCC3CCCN3C)s2)c1OC. The van der Waals surface area contributed by atoms with Gasteiger partial charge in [0.25, 0.3) is 11.8 Å². The zero-order valence-electron chi connectivity index (χ0n) is 25.5. The van der Waals surface area contributed by atoms with Crippen LogP contribution >= 0.6 is 11.3 Å². The third-order valence-corrected chi connectivity index (χ3v) is 8.88. The Balaban J connectivity index is 1.40. The van der Waals surface area contributed by atoms with Crippen molar-refractivity contribution in [3.63, 3.8) is 0 Å². The van der Waals surface area contributed by atoms with Crippen LogP contribution in [0, 0.1) is 12.8 Å². The Bertz CT molecular complexity index is 1590. The maximum absolute atomic E-state index is 13.1. The molecule has 0 bridgehead atoms. The predicted molar refractivity (Wildman–Crippen MR) is 176 cm³/mol. The summed E-state index contributed by atoms with van der Waals surface area (Å²) in [5.74, 6) is -0.662. The summed E-state index contributed by atoms with van der Waals surface area (Å²) < 4.78 is 5.79. The number of nitrogens with zero attached hydrogens (tertiary/aromatic N) is 4. The van der Waals surface area contributed by atoms with Crippen LogP contribution in [0.4, 0.5) is 17.2 Å². The fourth-order valence-electron chi connectivity index (χ4n) is 5.21. The van der Waals surface area contributed by atoms with Crippen LogP contribution in [0.2, 0.25) is 0 Å². The largest absolute Gasteiger partial charge is 0.494 e. The number of hydrogen-bond acceptors (Lipinski definition) is 10. The number of likely N-dealkylation sites (tertiary alicyclic amines) is 1. The maximum atomic E-state index is 13.1. The number of hydrogen-bond donors (Lipinski definition) is 4. The second-order valence-corrected chi connectivity index (χ2v) is 12.4. The number of ether oxygens (including phenoxy) is 1. The molecule has 3 heterocycles. The zero-order valence-corrected chi connectivity index (χ0v) is 26.3. The highest BCUT2D eigenvalue weighted by Crippen LogP contribution is 2.41. The quantitative estimate of drug-likeness (QED) is 0.223. The summed E-state index contributed by atoms with van der Waals surface area (Å²) in [5, 5.41) is 17.7. The molecule has 1 saturated heterocycles. The van der Waals surface area contributed by atoms with Gasteiger partial charge in [-0.3, -0.25) is 14.4 Å². The molecule has 3 amide bonds. The van der Waals surface area contributed by atoms with Gasteiger partial charge in [0.15, 0.2) is 17.3 Å². The molecule has 4 N–H and O–H groups in total. The van der Waals surface area contributed by atoms with Gasteiger partial charge in [-0.15, -0.1) is 21.5 Å². The average Bonchev–Trinajstić information content (AvgIpc) is 3.65. The molecule has 1 aromatic carbocycles. The molecule has 6 radical (unpaired) electrons. The lowest BCUT2D eigenvalue weighted by Crippen LogP contribution is -2.50. The van der Waals surface area contributed by atoms with Gasteiger partial charge in [-0.2, -0.15) is 0 Å². The predicted octanol–water partition coefficient (Wildman–Crippen LogP) is 2.07. The number of aryl methyl sites for hydroxylation is 1. The maximum Gasteiger partial charge on any atom is 0.272 e. The number of carbonyl (C=O) groups excluding carboxylic acids is 3. The summed E-state index contributed by atoms with van der Waals surface area (Å²) in [4.78, 5) is 46.0. The van der Waals surface area contributed by atoms with Crippen molar-refractivity contribution in [2.45, 2.75) is 50.3 Å². The average molecular weight is 622 g/mol. The van der Waals surface area contributed by atoms with Gasteiger partial charge in [0, 0.05) is 24.6 Å². The highest BCUT2D eigenvalue weighted by molar-refractivity contribution is 7.17. The molecule has 1 aliphatic heterocycles. The highest BCUT2D eigenvalue weighted by atomic mass is 32.1. The second kappa shape index (κ2) is 13.6. The number of para-hydroxylation sites is 1. The van der Waals surface area contributed by atoms with E-state index in [-0.39, 0.29) is 34.9 Å². The van der Waals surface area contributed by atoms with E-state index in [0.29, 0.717) is 45.2 Å². The van der Waals surface area contributed by atoms with E-state index in [1.807, 2.05) is 6.07 Å². The van der Waals surface area contributed by atoms with Crippen molar-refractivity contribution in [3.8, 4) is 16.3 Å². The summed E-state index contributed by atoms with van der Waals surface area (Å²) in [6.45, 7) is 3.47. The van der Waals surface area contributed by atoms with Gasteiger partial charge in [0.1, 0.15) is 9.88 Å². The van der Waals surface area contributed by atoms with Crippen molar-refractivity contribution >= 4 is 69.8 Å². The number of anilines is 3. The number of nitrogens with one attached hydrogen (secondary N) is 4. The Morgan fingerprint density at radius 3 is 2.56 bits per heavy atom. The summed E-state index contributed by atoms with van der Waals surface area (Å²) in [6.07, 6.45) is 4.83. The summed E-state index contributed by atoms with van der Waals surface area (Å²) >= 11 is 1.26. The van der Waals surface area contributed by atoms with Crippen LogP contribution in [0.3, 0.4) is 0 Å². The minimum Gasteiger partial charge on any atom is -0.494 e. The molecule has 1 saturated carbocycles. The van der Waals surface area contributed by atoms with Gasteiger partial charge in [0.05, 0.1) is 53.3 Å².